The van der Waals surface area contributed by atoms with Crippen molar-refractivity contribution in [2.45, 2.75) is 6.54 Å². The number of aromatic nitrogens is 1. The monoisotopic (exact) mass is 255 g/mol. The molecule has 0 unspecified atom stereocenters. The molecule has 0 aliphatic heterocycles. The molecule has 0 bridgehead atoms. The molecular formula is C10H17N5OS. The molecule has 0 atom stereocenters. The SMILES string of the molecule is CNC(=O)NSCCNCc1ncccc1N. The van der Waals surface area contributed by atoms with Crippen molar-refractivity contribution in [3.63, 3.8) is 0 Å². The Labute approximate surface area is 105 Å². The largest absolute Gasteiger partial charge is 0.397 e. The second-order valence-corrected chi connectivity index (χ2v) is 4.15. The van der Waals surface area contributed by atoms with E-state index in [0.29, 0.717) is 12.2 Å². The number of nitrogen functional groups attached to an aromatic ring is 1. The molecule has 0 saturated heterocycles. The molecule has 0 spiro atoms. The zero-order chi connectivity index (χ0) is 12.5. The Bertz CT molecular complexity index is 360. The van der Waals surface area contributed by atoms with Gasteiger partial charge in [-0.05, 0) is 24.1 Å². The highest BCUT2D eigenvalue weighted by Crippen LogP contribution is 2.05. The van der Waals surface area contributed by atoms with Crippen molar-refractivity contribution in [2.24, 2.45) is 0 Å². The summed E-state index contributed by atoms with van der Waals surface area (Å²) in [4.78, 5) is 15.0. The van der Waals surface area contributed by atoms with E-state index in [1.807, 2.05) is 12.1 Å². The summed E-state index contributed by atoms with van der Waals surface area (Å²) in [6, 6.07) is 3.44. The molecule has 1 aromatic rings. The van der Waals surface area contributed by atoms with Crippen LogP contribution in [0.15, 0.2) is 18.3 Å². The minimum Gasteiger partial charge on any atom is -0.397 e. The van der Waals surface area contributed by atoms with Gasteiger partial charge in [0.1, 0.15) is 0 Å². The zero-order valence-corrected chi connectivity index (χ0v) is 10.5. The Hall–Kier alpha value is -1.47. The summed E-state index contributed by atoms with van der Waals surface area (Å²) in [5.41, 5.74) is 7.28. The van der Waals surface area contributed by atoms with Gasteiger partial charge in [0.05, 0.1) is 11.4 Å². The summed E-state index contributed by atoms with van der Waals surface area (Å²) in [6.07, 6.45) is 1.72. The topological polar surface area (TPSA) is 92.1 Å². The maximum absolute atomic E-state index is 10.8. The van der Waals surface area contributed by atoms with Crippen LogP contribution in [0.4, 0.5) is 10.5 Å². The van der Waals surface area contributed by atoms with Gasteiger partial charge < -0.3 is 16.4 Å². The first-order chi connectivity index (χ1) is 8.24. The third kappa shape index (κ3) is 5.41. The van der Waals surface area contributed by atoms with Crippen LogP contribution in [0.25, 0.3) is 0 Å². The number of pyridine rings is 1. The molecule has 1 heterocycles. The highest BCUT2D eigenvalue weighted by molar-refractivity contribution is 7.97. The average Bonchev–Trinajstić information content (AvgIpc) is 2.35. The van der Waals surface area contributed by atoms with Gasteiger partial charge in [0.15, 0.2) is 0 Å². The number of amides is 2. The predicted molar refractivity (Wildman–Crippen MR) is 70.4 cm³/mol. The minimum absolute atomic E-state index is 0.191. The summed E-state index contributed by atoms with van der Waals surface area (Å²) in [5.74, 6) is 0.778. The van der Waals surface area contributed by atoms with E-state index in [9.17, 15) is 4.79 Å². The molecule has 7 heteroatoms. The number of carbonyl (C=O) groups is 1. The van der Waals surface area contributed by atoms with E-state index in [0.717, 1.165) is 18.0 Å². The Balaban J connectivity index is 2.09. The molecule has 0 aliphatic carbocycles. The van der Waals surface area contributed by atoms with Crippen molar-refractivity contribution < 1.29 is 4.79 Å². The number of nitrogens with zero attached hydrogens (tertiary/aromatic N) is 1. The first-order valence-corrected chi connectivity index (χ1v) is 6.22. The van der Waals surface area contributed by atoms with Gasteiger partial charge in [-0.15, -0.1) is 0 Å². The van der Waals surface area contributed by atoms with Crippen LogP contribution >= 0.6 is 11.9 Å². The van der Waals surface area contributed by atoms with Crippen molar-refractivity contribution >= 4 is 23.7 Å². The van der Waals surface area contributed by atoms with Crippen LogP contribution in [-0.4, -0.2) is 30.4 Å². The lowest BCUT2D eigenvalue weighted by atomic mass is 10.3. The highest BCUT2D eigenvalue weighted by Gasteiger charge is 1.99. The van der Waals surface area contributed by atoms with E-state index >= 15 is 0 Å². The maximum Gasteiger partial charge on any atom is 0.324 e. The molecule has 0 fully saturated rings. The summed E-state index contributed by atoms with van der Waals surface area (Å²) < 4.78 is 2.63. The Morgan fingerprint density at radius 1 is 1.59 bits per heavy atom. The van der Waals surface area contributed by atoms with Gasteiger partial charge in [0.2, 0.25) is 0 Å². The van der Waals surface area contributed by atoms with Crippen LogP contribution in [0.1, 0.15) is 5.69 Å². The van der Waals surface area contributed by atoms with Crippen LogP contribution in [-0.2, 0) is 6.54 Å². The van der Waals surface area contributed by atoms with Gasteiger partial charge in [-0.2, -0.15) is 0 Å². The fraction of sp³-hybridized carbons (Fsp3) is 0.400. The molecule has 0 aliphatic rings. The Morgan fingerprint density at radius 2 is 2.41 bits per heavy atom. The lowest BCUT2D eigenvalue weighted by Gasteiger charge is -2.06. The van der Waals surface area contributed by atoms with Crippen molar-refractivity contribution in [3.8, 4) is 0 Å². The molecule has 1 aromatic heterocycles. The van der Waals surface area contributed by atoms with Crippen molar-refractivity contribution in [1.29, 1.82) is 0 Å². The molecule has 1 rings (SSSR count). The summed E-state index contributed by atoms with van der Waals surface area (Å²) >= 11 is 1.35. The van der Waals surface area contributed by atoms with E-state index in [1.165, 1.54) is 11.9 Å². The molecule has 5 N–H and O–H groups in total. The van der Waals surface area contributed by atoms with E-state index in [2.05, 4.69) is 20.3 Å². The van der Waals surface area contributed by atoms with Crippen molar-refractivity contribution in [2.75, 3.05) is 25.1 Å². The van der Waals surface area contributed by atoms with E-state index in [-0.39, 0.29) is 6.03 Å². The number of hydrogen-bond donors (Lipinski definition) is 4. The molecule has 2 amide bonds. The molecule has 94 valence electrons. The smallest absolute Gasteiger partial charge is 0.324 e. The normalized spacial score (nSPS) is 9.94. The molecule has 6 nitrogen and oxygen atoms in total. The van der Waals surface area contributed by atoms with Crippen molar-refractivity contribution in [3.05, 3.63) is 24.0 Å². The number of urea groups is 1. The quantitative estimate of drug-likeness (QED) is 0.434. The molecule has 17 heavy (non-hydrogen) atoms. The lowest BCUT2D eigenvalue weighted by molar-refractivity contribution is 0.248. The fourth-order valence-electron chi connectivity index (χ4n) is 1.10. The summed E-state index contributed by atoms with van der Waals surface area (Å²) in [5, 5.41) is 5.67. The Morgan fingerprint density at radius 3 is 3.12 bits per heavy atom. The van der Waals surface area contributed by atoms with Crippen LogP contribution in [0, 0.1) is 0 Å². The number of nitrogens with one attached hydrogen (secondary N) is 3. The van der Waals surface area contributed by atoms with Crippen LogP contribution in [0.3, 0.4) is 0 Å². The highest BCUT2D eigenvalue weighted by atomic mass is 32.2. The van der Waals surface area contributed by atoms with Gasteiger partial charge >= 0.3 is 6.03 Å². The molecule has 0 aromatic carbocycles. The standard InChI is InChI=1S/C10H17N5OS/c1-12-10(16)15-17-6-5-13-7-9-8(11)3-2-4-14-9/h2-4,13H,5-7,11H2,1H3,(H2,12,15,16). The second kappa shape index (κ2) is 7.75. The van der Waals surface area contributed by atoms with Crippen LogP contribution in [0.2, 0.25) is 0 Å². The predicted octanol–water partition coefficient (Wildman–Crippen LogP) is 0.331. The first kappa shape index (κ1) is 13.6. The maximum atomic E-state index is 10.8. The first-order valence-electron chi connectivity index (χ1n) is 5.23. The Kier molecular flexibility index (Phi) is 6.19. The average molecular weight is 255 g/mol. The van der Waals surface area contributed by atoms with Crippen molar-refractivity contribution in [1.82, 2.24) is 20.3 Å². The number of nitrogens with two attached hydrogens (primary N) is 1. The summed E-state index contributed by atoms with van der Waals surface area (Å²) in [6.45, 7) is 1.40. The van der Waals surface area contributed by atoms with E-state index in [4.69, 9.17) is 5.73 Å². The minimum atomic E-state index is -0.191. The van der Waals surface area contributed by atoms with E-state index in [1.54, 1.807) is 13.2 Å². The van der Waals surface area contributed by atoms with Gasteiger partial charge in [0.25, 0.3) is 0 Å². The third-order valence-electron chi connectivity index (χ3n) is 1.99. The van der Waals surface area contributed by atoms with Crippen LogP contribution < -0.4 is 21.1 Å². The van der Waals surface area contributed by atoms with Gasteiger partial charge in [-0.25, -0.2) is 4.79 Å². The van der Waals surface area contributed by atoms with Gasteiger partial charge in [0, 0.05) is 32.1 Å². The molecule has 0 radical (unpaired) electrons. The summed E-state index contributed by atoms with van der Waals surface area (Å²) in [7, 11) is 1.58. The molecule has 0 saturated carbocycles. The number of rotatable bonds is 6. The number of hydrogen-bond acceptors (Lipinski definition) is 5. The van der Waals surface area contributed by atoms with Crippen LogP contribution in [0.5, 0.6) is 0 Å². The number of carbonyl (C=O) groups excluding carboxylic acids is 1. The van der Waals surface area contributed by atoms with Gasteiger partial charge in [-0.3, -0.25) is 9.71 Å². The second-order valence-electron chi connectivity index (χ2n) is 3.25. The third-order valence-corrected chi connectivity index (χ3v) is 2.73. The zero-order valence-electron chi connectivity index (χ0n) is 9.69. The fourth-order valence-corrected chi connectivity index (χ4v) is 1.68. The van der Waals surface area contributed by atoms with E-state index < -0.39 is 0 Å². The molecular weight excluding hydrogens is 238 g/mol. The van der Waals surface area contributed by atoms with Gasteiger partial charge in [-0.1, -0.05) is 0 Å². The number of anilines is 1. The lowest BCUT2D eigenvalue weighted by Crippen LogP contribution is -2.29.